The van der Waals surface area contributed by atoms with Gasteiger partial charge in [-0.3, -0.25) is 4.98 Å². The monoisotopic (exact) mass is 467 g/mol. The molecule has 7 nitrogen and oxygen atoms in total. The van der Waals surface area contributed by atoms with Gasteiger partial charge in [0, 0.05) is 41.3 Å². The summed E-state index contributed by atoms with van der Waals surface area (Å²) >= 11 is 0. The van der Waals surface area contributed by atoms with Crippen molar-refractivity contribution in [3.05, 3.63) is 47.7 Å². The Kier molecular flexibility index (Phi) is 5.22. The van der Waals surface area contributed by atoms with Crippen LogP contribution in [0.15, 0.2) is 30.7 Å². The highest BCUT2D eigenvalue weighted by molar-refractivity contribution is 5.93. The molecule has 4 aromatic heterocycles. The lowest BCUT2D eigenvalue weighted by molar-refractivity contribution is -0.140. The minimum atomic E-state index is -4.49. The number of alkyl halides is 3. The van der Waals surface area contributed by atoms with Gasteiger partial charge in [0.25, 0.3) is 0 Å². The zero-order valence-electron chi connectivity index (χ0n) is 18.4. The van der Waals surface area contributed by atoms with E-state index >= 15 is 0 Å². The van der Waals surface area contributed by atoms with Crippen LogP contribution in [0.1, 0.15) is 48.6 Å². The van der Waals surface area contributed by atoms with Crippen molar-refractivity contribution < 1.29 is 13.2 Å². The lowest BCUT2D eigenvalue weighted by Gasteiger charge is -2.24. The van der Waals surface area contributed by atoms with E-state index in [1.807, 2.05) is 6.20 Å². The molecule has 0 bridgehead atoms. The number of fused-ring (bicyclic) bond motifs is 2. The highest BCUT2D eigenvalue weighted by Gasteiger charge is 2.33. The van der Waals surface area contributed by atoms with Crippen molar-refractivity contribution in [1.29, 1.82) is 0 Å². The Balaban J connectivity index is 1.47. The summed E-state index contributed by atoms with van der Waals surface area (Å²) in [6.07, 6.45) is 4.95. The first-order valence-electron chi connectivity index (χ1n) is 11.6. The zero-order valence-corrected chi connectivity index (χ0v) is 18.4. The molecule has 1 aliphatic heterocycles. The molecule has 0 unspecified atom stereocenters. The molecule has 1 saturated carbocycles. The highest BCUT2D eigenvalue weighted by atomic mass is 19.4. The van der Waals surface area contributed by atoms with E-state index in [-0.39, 0.29) is 5.65 Å². The van der Waals surface area contributed by atoms with Crippen LogP contribution in [0.3, 0.4) is 0 Å². The largest absolute Gasteiger partial charge is 0.431 e. The predicted molar refractivity (Wildman–Crippen MR) is 122 cm³/mol. The first-order chi connectivity index (χ1) is 16.5. The second-order valence-electron chi connectivity index (χ2n) is 9.10. The fourth-order valence-corrected chi connectivity index (χ4v) is 4.78. The Morgan fingerprint density at radius 1 is 1.06 bits per heavy atom. The van der Waals surface area contributed by atoms with Crippen molar-refractivity contribution in [2.75, 3.05) is 13.1 Å². The van der Waals surface area contributed by atoms with E-state index in [0.717, 1.165) is 61.5 Å². The van der Waals surface area contributed by atoms with Crippen LogP contribution in [0.4, 0.5) is 13.2 Å². The number of hydrogen-bond donors (Lipinski definition) is 3. The molecule has 6 rings (SSSR count). The van der Waals surface area contributed by atoms with Crippen LogP contribution < -0.4 is 10.6 Å². The molecule has 3 N–H and O–H groups in total. The Bertz CT molecular complexity index is 1350. The number of H-pyrrole nitrogens is 1. The maximum absolute atomic E-state index is 13.3. The van der Waals surface area contributed by atoms with Crippen molar-refractivity contribution in [2.24, 2.45) is 0 Å². The zero-order chi connectivity index (χ0) is 23.3. The number of aromatic nitrogens is 5. The Morgan fingerprint density at radius 3 is 2.65 bits per heavy atom. The first kappa shape index (κ1) is 21.4. The molecule has 1 aliphatic carbocycles. The van der Waals surface area contributed by atoms with Gasteiger partial charge in [-0.05, 0) is 62.4 Å². The molecule has 34 heavy (non-hydrogen) atoms. The molecular formula is C24H24F3N7. The van der Waals surface area contributed by atoms with Crippen molar-refractivity contribution in [2.45, 2.75) is 50.4 Å². The molecule has 10 heteroatoms. The van der Waals surface area contributed by atoms with Gasteiger partial charge in [0.1, 0.15) is 11.3 Å². The van der Waals surface area contributed by atoms with Crippen LogP contribution in [-0.4, -0.2) is 44.1 Å². The summed E-state index contributed by atoms with van der Waals surface area (Å²) in [6, 6.07) is 3.14. The van der Waals surface area contributed by atoms with E-state index in [4.69, 9.17) is 9.97 Å². The van der Waals surface area contributed by atoms with Crippen molar-refractivity contribution in [3.8, 4) is 11.4 Å². The van der Waals surface area contributed by atoms with E-state index in [2.05, 4.69) is 25.6 Å². The highest BCUT2D eigenvalue weighted by Crippen LogP contribution is 2.43. The number of nitrogens with one attached hydrogen (secondary N) is 3. The van der Waals surface area contributed by atoms with Crippen molar-refractivity contribution in [3.63, 3.8) is 0 Å². The molecule has 2 fully saturated rings. The summed E-state index contributed by atoms with van der Waals surface area (Å²) in [5.41, 5.74) is 2.57. The number of pyridine rings is 2. The van der Waals surface area contributed by atoms with E-state index in [1.54, 1.807) is 12.3 Å². The van der Waals surface area contributed by atoms with Gasteiger partial charge in [-0.15, -0.1) is 0 Å². The summed E-state index contributed by atoms with van der Waals surface area (Å²) in [6.45, 7) is 2.53. The molecule has 0 spiro atoms. The topological polar surface area (TPSA) is 91.4 Å². The molecule has 1 saturated heterocycles. The minimum absolute atomic E-state index is 0.160. The van der Waals surface area contributed by atoms with Crippen molar-refractivity contribution >= 4 is 21.9 Å². The van der Waals surface area contributed by atoms with Crippen LogP contribution in [0.25, 0.3) is 33.3 Å². The number of nitrogens with zero attached hydrogens (tertiary/aromatic N) is 4. The van der Waals surface area contributed by atoms with E-state index in [0.29, 0.717) is 40.8 Å². The quantitative estimate of drug-likeness (QED) is 0.405. The fourth-order valence-electron chi connectivity index (χ4n) is 4.78. The number of rotatable bonds is 5. The van der Waals surface area contributed by atoms with Crippen LogP contribution in [0, 0.1) is 0 Å². The van der Waals surface area contributed by atoms with Gasteiger partial charge in [-0.2, -0.15) is 13.2 Å². The third kappa shape index (κ3) is 4.01. The molecule has 0 amide bonds. The Labute approximate surface area is 193 Å². The summed E-state index contributed by atoms with van der Waals surface area (Å²) in [4.78, 5) is 20.5. The third-order valence-electron chi connectivity index (χ3n) is 6.70. The molecule has 0 aromatic carbocycles. The molecular weight excluding hydrogens is 443 g/mol. The smallest absolute Gasteiger partial charge is 0.336 e. The average molecular weight is 467 g/mol. The normalized spacial score (nSPS) is 17.6. The van der Waals surface area contributed by atoms with Crippen LogP contribution >= 0.6 is 0 Å². The first-order valence-corrected chi connectivity index (χ1v) is 11.6. The minimum Gasteiger partial charge on any atom is -0.336 e. The third-order valence-corrected chi connectivity index (χ3v) is 6.70. The maximum atomic E-state index is 13.3. The number of aromatic amines is 1. The second kappa shape index (κ2) is 8.28. The van der Waals surface area contributed by atoms with E-state index in [9.17, 15) is 13.2 Å². The lowest BCUT2D eigenvalue weighted by Crippen LogP contribution is -2.39. The number of piperidine rings is 1. The lowest BCUT2D eigenvalue weighted by atomic mass is 10.0. The Hall–Kier alpha value is -3.11. The molecule has 2 aliphatic rings. The Morgan fingerprint density at radius 2 is 1.88 bits per heavy atom. The van der Waals surface area contributed by atoms with Crippen LogP contribution in [0.5, 0.6) is 0 Å². The fraction of sp³-hybridized carbons (Fsp3) is 0.417. The molecule has 0 radical (unpaired) electrons. The van der Waals surface area contributed by atoms with Gasteiger partial charge in [0.05, 0.1) is 17.4 Å². The molecule has 0 atom stereocenters. The summed E-state index contributed by atoms with van der Waals surface area (Å²) in [5, 5.41) is 8.37. The molecule has 5 heterocycles. The SMILES string of the molecule is FC(F)(F)c1cc2c(-c3nc(CNC4CCNCC4)c4c(C5CC5)cncc4n3)ccnc2[nH]1. The van der Waals surface area contributed by atoms with Crippen LogP contribution in [0.2, 0.25) is 0 Å². The predicted octanol–water partition coefficient (Wildman–Crippen LogP) is 4.31. The van der Waals surface area contributed by atoms with Gasteiger partial charge < -0.3 is 15.6 Å². The van der Waals surface area contributed by atoms with Gasteiger partial charge in [-0.1, -0.05) is 0 Å². The average Bonchev–Trinajstić information content (AvgIpc) is 3.58. The van der Waals surface area contributed by atoms with Crippen LogP contribution in [-0.2, 0) is 12.7 Å². The van der Waals surface area contributed by atoms with E-state index in [1.165, 1.54) is 6.20 Å². The van der Waals surface area contributed by atoms with Gasteiger partial charge in [0.15, 0.2) is 5.82 Å². The van der Waals surface area contributed by atoms with Crippen molar-refractivity contribution in [1.82, 2.24) is 35.6 Å². The van der Waals surface area contributed by atoms with E-state index < -0.39 is 11.9 Å². The summed E-state index contributed by atoms with van der Waals surface area (Å²) in [5.74, 6) is 0.847. The van der Waals surface area contributed by atoms with Gasteiger partial charge >= 0.3 is 6.18 Å². The maximum Gasteiger partial charge on any atom is 0.431 e. The standard InChI is InChI=1S/C24H24F3N7/c25-24(26,27)20-9-16-15(5-8-30-22(16)34-20)23-32-18-11-29-10-17(13-1-2-13)21(18)19(33-23)12-31-14-3-6-28-7-4-14/h5,8-11,13-14,28,31H,1-4,6-7,12H2,(H,30,34). The number of hydrogen-bond acceptors (Lipinski definition) is 6. The summed E-state index contributed by atoms with van der Waals surface area (Å²) < 4.78 is 40.0. The van der Waals surface area contributed by atoms with Gasteiger partial charge in [0.2, 0.25) is 0 Å². The number of halogens is 3. The molecule has 4 aromatic rings. The summed E-state index contributed by atoms with van der Waals surface area (Å²) in [7, 11) is 0. The molecule has 176 valence electrons. The second-order valence-corrected chi connectivity index (χ2v) is 9.10. The van der Waals surface area contributed by atoms with Gasteiger partial charge in [-0.25, -0.2) is 15.0 Å².